The molecule has 1 aliphatic carbocycles. The predicted molar refractivity (Wildman–Crippen MR) is 122 cm³/mol. The van der Waals surface area contributed by atoms with Gasteiger partial charge >= 0.3 is 0 Å². The van der Waals surface area contributed by atoms with Crippen molar-refractivity contribution in [3.05, 3.63) is 58.9 Å². The number of aromatic nitrogens is 2. The third-order valence-corrected chi connectivity index (χ3v) is 6.74. The molecule has 3 aromatic rings. The van der Waals surface area contributed by atoms with Crippen LogP contribution in [0, 0.1) is 6.92 Å². The number of hydrogen-bond donors (Lipinski definition) is 1. The summed E-state index contributed by atoms with van der Waals surface area (Å²) in [6, 6.07) is 10.8. The van der Waals surface area contributed by atoms with E-state index in [2.05, 4.69) is 10.4 Å². The number of nitrogens with one attached hydrogen (secondary N) is 1. The largest absolute Gasteiger partial charge is 0.463 e. The highest BCUT2D eigenvalue weighted by molar-refractivity contribution is 6.30. The van der Waals surface area contributed by atoms with Gasteiger partial charge in [-0.15, -0.1) is 0 Å². The minimum Gasteiger partial charge on any atom is -0.463 e. The zero-order chi connectivity index (χ0) is 22.5. The summed E-state index contributed by atoms with van der Waals surface area (Å²) in [6.07, 6.45) is 5.71. The van der Waals surface area contributed by atoms with E-state index in [0.29, 0.717) is 27.9 Å². The van der Waals surface area contributed by atoms with Crippen LogP contribution in [-0.2, 0) is 11.3 Å². The van der Waals surface area contributed by atoms with Crippen molar-refractivity contribution >= 4 is 29.1 Å². The smallest absolute Gasteiger partial charge is 0.277 e. The highest BCUT2D eigenvalue weighted by atomic mass is 35.5. The zero-order valence-electron chi connectivity index (χ0n) is 18.1. The Balaban J connectivity index is 1.60. The van der Waals surface area contributed by atoms with Crippen molar-refractivity contribution in [2.75, 3.05) is 4.90 Å². The molecule has 3 heterocycles. The Morgan fingerprint density at radius 2 is 2.03 bits per heavy atom. The van der Waals surface area contributed by atoms with E-state index in [1.54, 1.807) is 59.2 Å². The van der Waals surface area contributed by atoms with Gasteiger partial charge in [0.15, 0.2) is 5.76 Å². The molecule has 8 heteroatoms. The molecule has 0 saturated heterocycles. The van der Waals surface area contributed by atoms with Crippen LogP contribution >= 0.6 is 11.6 Å². The Labute approximate surface area is 191 Å². The number of rotatable bonds is 4. The molecule has 7 nitrogen and oxygen atoms in total. The Bertz CT molecular complexity index is 1180. The van der Waals surface area contributed by atoms with Crippen LogP contribution in [0.25, 0.3) is 11.5 Å². The first-order valence-corrected chi connectivity index (χ1v) is 11.3. The van der Waals surface area contributed by atoms with Gasteiger partial charge in [0.2, 0.25) is 5.91 Å². The standard InChI is InChI=1S/C24H25ClN4O3/c1-15-12-16(25)9-10-19(15)29-22(30)20-13-18(21-8-5-11-32-21)27-28(20)14-24(29,2)23(31)26-17-6-3-4-7-17/h5,8-13,17H,3-4,6-7,14H2,1-2H3,(H,26,31)/t24-/m0/s1. The van der Waals surface area contributed by atoms with Gasteiger partial charge in [0.1, 0.15) is 16.9 Å². The van der Waals surface area contributed by atoms with E-state index in [-0.39, 0.29) is 24.4 Å². The third kappa shape index (κ3) is 3.41. The molecular weight excluding hydrogens is 428 g/mol. The Hall–Kier alpha value is -3.06. The van der Waals surface area contributed by atoms with Crippen LogP contribution in [0.15, 0.2) is 47.1 Å². The molecule has 1 N–H and O–H groups in total. The number of amides is 2. The maximum atomic E-state index is 13.8. The first-order valence-electron chi connectivity index (χ1n) is 10.9. The van der Waals surface area contributed by atoms with Crippen molar-refractivity contribution in [2.24, 2.45) is 0 Å². The second kappa shape index (κ2) is 7.81. The van der Waals surface area contributed by atoms with Crippen molar-refractivity contribution in [1.82, 2.24) is 15.1 Å². The first kappa shape index (κ1) is 20.8. The van der Waals surface area contributed by atoms with Gasteiger partial charge in [-0.25, -0.2) is 0 Å². The average Bonchev–Trinajstić information content (AvgIpc) is 3.50. The number of furan rings is 1. The molecule has 0 spiro atoms. The van der Waals surface area contributed by atoms with Crippen molar-refractivity contribution in [1.29, 1.82) is 0 Å². The van der Waals surface area contributed by atoms with E-state index in [0.717, 1.165) is 31.2 Å². The average molecular weight is 453 g/mol. The van der Waals surface area contributed by atoms with Crippen molar-refractivity contribution in [3.8, 4) is 11.5 Å². The number of hydrogen-bond acceptors (Lipinski definition) is 4. The van der Waals surface area contributed by atoms with Crippen LogP contribution in [0.3, 0.4) is 0 Å². The van der Waals surface area contributed by atoms with E-state index < -0.39 is 5.54 Å². The van der Waals surface area contributed by atoms with Crippen molar-refractivity contribution < 1.29 is 14.0 Å². The van der Waals surface area contributed by atoms with E-state index in [4.69, 9.17) is 16.0 Å². The monoisotopic (exact) mass is 452 g/mol. The molecule has 5 rings (SSSR count). The van der Waals surface area contributed by atoms with Crippen LogP contribution in [0.5, 0.6) is 0 Å². The normalized spacial score (nSPS) is 21.1. The number of nitrogens with zero attached hydrogens (tertiary/aromatic N) is 3. The van der Waals surface area contributed by atoms with Crippen LogP contribution in [-0.4, -0.2) is 33.2 Å². The fraction of sp³-hybridized carbons (Fsp3) is 0.375. The molecule has 1 atom stereocenters. The number of halogens is 1. The highest BCUT2D eigenvalue weighted by Gasteiger charge is 2.49. The third-order valence-electron chi connectivity index (χ3n) is 6.51. The van der Waals surface area contributed by atoms with Crippen LogP contribution in [0.2, 0.25) is 5.02 Å². The Morgan fingerprint density at radius 1 is 1.25 bits per heavy atom. The lowest BCUT2D eigenvalue weighted by Crippen LogP contribution is -2.65. The summed E-state index contributed by atoms with van der Waals surface area (Å²) >= 11 is 6.17. The van der Waals surface area contributed by atoms with Gasteiger partial charge < -0.3 is 9.73 Å². The minimum atomic E-state index is -1.16. The summed E-state index contributed by atoms with van der Waals surface area (Å²) in [6.45, 7) is 3.93. The lowest BCUT2D eigenvalue weighted by atomic mass is 9.92. The maximum absolute atomic E-state index is 13.8. The molecule has 1 saturated carbocycles. The summed E-state index contributed by atoms with van der Waals surface area (Å²) in [7, 11) is 0. The van der Waals surface area contributed by atoms with E-state index in [1.165, 1.54) is 0 Å². The molecule has 0 unspecified atom stereocenters. The van der Waals surface area contributed by atoms with E-state index in [1.807, 2.05) is 6.92 Å². The number of carbonyl (C=O) groups excluding carboxylic acids is 2. The van der Waals surface area contributed by atoms with Gasteiger partial charge in [-0.2, -0.15) is 5.10 Å². The molecule has 166 valence electrons. The molecule has 1 fully saturated rings. The lowest BCUT2D eigenvalue weighted by Gasteiger charge is -2.44. The molecule has 2 aliphatic rings. The summed E-state index contributed by atoms with van der Waals surface area (Å²) < 4.78 is 7.09. The van der Waals surface area contributed by atoms with Gasteiger partial charge in [0.05, 0.1) is 12.8 Å². The van der Waals surface area contributed by atoms with Gasteiger partial charge in [0.25, 0.3) is 5.91 Å². The molecule has 0 radical (unpaired) electrons. The lowest BCUT2D eigenvalue weighted by molar-refractivity contribution is -0.127. The molecule has 32 heavy (non-hydrogen) atoms. The quantitative estimate of drug-likeness (QED) is 0.628. The van der Waals surface area contributed by atoms with Crippen molar-refractivity contribution in [3.63, 3.8) is 0 Å². The molecule has 0 bridgehead atoms. The van der Waals surface area contributed by atoms with Crippen LogP contribution < -0.4 is 10.2 Å². The van der Waals surface area contributed by atoms with Crippen LogP contribution in [0.1, 0.15) is 48.7 Å². The first-order chi connectivity index (χ1) is 15.4. The Morgan fingerprint density at radius 3 is 2.72 bits per heavy atom. The minimum absolute atomic E-state index is 0.139. The molecular formula is C24H25ClN4O3. The summed E-state index contributed by atoms with van der Waals surface area (Å²) in [5.74, 6) is 0.120. The predicted octanol–water partition coefficient (Wildman–Crippen LogP) is 4.58. The van der Waals surface area contributed by atoms with Gasteiger partial charge in [-0.3, -0.25) is 19.2 Å². The second-order valence-electron chi connectivity index (χ2n) is 8.85. The van der Waals surface area contributed by atoms with Gasteiger partial charge in [0, 0.05) is 22.8 Å². The topological polar surface area (TPSA) is 80.4 Å². The summed E-state index contributed by atoms with van der Waals surface area (Å²) in [5, 5.41) is 8.36. The SMILES string of the molecule is Cc1cc(Cl)ccc1N1C(=O)c2cc(-c3ccco3)nn2C[C@@]1(C)C(=O)NC1CCCC1. The molecule has 1 aliphatic heterocycles. The number of aryl methyl sites for hydroxylation is 1. The summed E-state index contributed by atoms with van der Waals surface area (Å²) in [5.41, 5.74) is 1.31. The molecule has 2 amide bonds. The van der Waals surface area contributed by atoms with E-state index in [9.17, 15) is 9.59 Å². The molecule has 2 aromatic heterocycles. The number of fused-ring (bicyclic) bond motifs is 1. The zero-order valence-corrected chi connectivity index (χ0v) is 18.9. The van der Waals surface area contributed by atoms with Gasteiger partial charge in [-0.05, 0) is 62.6 Å². The van der Waals surface area contributed by atoms with Crippen LogP contribution in [0.4, 0.5) is 5.69 Å². The summed E-state index contributed by atoms with van der Waals surface area (Å²) in [4.78, 5) is 29.1. The fourth-order valence-corrected chi connectivity index (χ4v) is 5.01. The van der Waals surface area contributed by atoms with E-state index >= 15 is 0 Å². The molecule has 1 aromatic carbocycles. The number of carbonyl (C=O) groups is 2. The number of anilines is 1. The fourth-order valence-electron chi connectivity index (χ4n) is 4.78. The number of benzene rings is 1. The maximum Gasteiger partial charge on any atom is 0.277 e. The Kier molecular flexibility index (Phi) is 5.08. The van der Waals surface area contributed by atoms with Gasteiger partial charge in [-0.1, -0.05) is 24.4 Å². The second-order valence-corrected chi connectivity index (χ2v) is 9.29. The highest BCUT2D eigenvalue weighted by Crippen LogP contribution is 2.37. The van der Waals surface area contributed by atoms with Crippen molar-refractivity contribution in [2.45, 2.75) is 57.7 Å².